The minimum atomic E-state index is -0.346. The van der Waals surface area contributed by atoms with Crippen molar-refractivity contribution in [2.75, 3.05) is 19.0 Å². The summed E-state index contributed by atoms with van der Waals surface area (Å²) in [6.45, 7) is 0.977. The number of ether oxygens (including phenoxy) is 1. The Morgan fingerprint density at radius 2 is 2.17 bits per heavy atom. The molecule has 4 heteroatoms. The number of rotatable bonds is 4. The first kappa shape index (κ1) is 12.9. The largest absolute Gasteiger partial charge is 0.465 e. The van der Waals surface area contributed by atoms with Gasteiger partial charge in [-0.15, -0.1) is 0 Å². The van der Waals surface area contributed by atoms with Crippen molar-refractivity contribution in [1.29, 1.82) is 0 Å². The van der Waals surface area contributed by atoms with E-state index in [2.05, 4.69) is 15.0 Å². The monoisotopic (exact) mass is 248 g/mol. The highest BCUT2D eigenvalue weighted by molar-refractivity contribution is 5.89. The average molecular weight is 248 g/mol. The molecule has 0 aromatic carbocycles. The van der Waals surface area contributed by atoms with Crippen LogP contribution >= 0.6 is 0 Å². The van der Waals surface area contributed by atoms with Crippen LogP contribution in [-0.4, -0.2) is 24.6 Å². The Morgan fingerprint density at radius 3 is 2.78 bits per heavy atom. The zero-order valence-electron chi connectivity index (χ0n) is 10.8. The number of hydrogen-bond donors (Lipinski definition) is 1. The fraction of sp³-hybridized carbons (Fsp3) is 0.571. The fourth-order valence-corrected chi connectivity index (χ4v) is 2.38. The Kier molecular flexibility index (Phi) is 4.56. The van der Waals surface area contributed by atoms with Crippen LogP contribution in [0.25, 0.3) is 0 Å². The maximum atomic E-state index is 11.2. The summed E-state index contributed by atoms with van der Waals surface area (Å²) in [6.07, 6.45) is 8.25. The van der Waals surface area contributed by atoms with E-state index in [1.807, 2.05) is 6.07 Å². The van der Waals surface area contributed by atoms with E-state index in [1.165, 1.54) is 39.2 Å². The number of anilines is 1. The lowest BCUT2D eigenvalue weighted by Gasteiger charge is -2.21. The van der Waals surface area contributed by atoms with Gasteiger partial charge in [0.1, 0.15) is 5.82 Å². The number of aromatic nitrogens is 1. The minimum Gasteiger partial charge on any atom is -0.465 e. The molecule has 0 unspecified atom stereocenters. The predicted molar refractivity (Wildman–Crippen MR) is 70.6 cm³/mol. The first-order valence-electron chi connectivity index (χ1n) is 6.58. The molecular weight excluding hydrogens is 228 g/mol. The van der Waals surface area contributed by atoms with E-state index in [1.54, 1.807) is 12.3 Å². The summed E-state index contributed by atoms with van der Waals surface area (Å²) >= 11 is 0. The smallest absolute Gasteiger partial charge is 0.339 e. The van der Waals surface area contributed by atoms with Crippen LogP contribution in [0.5, 0.6) is 0 Å². The van der Waals surface area contributed by atoms with E-state index in [4.69, 9.17) is 0 Å². The summed E-state index contributed by atoms with van der Waals surface area (Å²) in [5.74, 6) is 1.25. The third-order valence-electron chi connectivity index (χ3n) is 3.48. The zero-order chi connectivity index (χ0) is 12.8. The van der Waals surface area contributed by atoms with Crippen LogP contribution in [0.2, 0.25) is 0 Å². The number of nitrogens with zero attached hydrogens (tertiary/aromatic N) is 1. The van der Waals surface area contributed by atoms with Crippen LogP contribution in [0, 0.1) is 5.92 Å². The lowest BCUT2D eigenvalue weighted by atomic mass is 9.89. The van der Waals surface area contributed by atoms with Crippen molar-refractivity contribution in [3.8, 4) is 0 Å². The van der Waals surface area contributed by atoms with Crippen molar-refractivity contribution in [1.82, 2.24) is 4.98 Å². The Balaban J connectivity index is 1.84. The topological polar surface area (TPSA) is 51.2 Å². The van der Waals surface area contributed by atoms with Crippen LogP contribution in [-0.2, 0) is 4.74 Å². The maximum absolute atomic E-state index is 11.2. The molecule has 1 aromatic heterocycles. The van der Waals surface area contributed by atoms with Gasteiger partial charge in [-0.2, -0.15) is 0 Å². The molecule has 0 aliphatic heterocycles. The van der Waals surface area contributed by atoms with Crippen LogP contribution in [0.15, 0.2) is 18.3 Å². The molecule has 0 radical (unpaired) electrons. The number of nitrogens with one attached hydrogen (secondary N) is 1. The van der Waals surface area contributed by atoms with Gasteiger partial charge in [-0.25, -0.2) is 9.78 Å². The van der Waals surface area contributed by atoms with Gasteiger partial charge in [-0.3, -0.25) is 0 Å². The molecule has 0 saturated heterocycles. The highest BCUT2D eigenvalue weighted by Gasteiger charge is 2.13. The van der Waals surface area contributed by atoms with E-state index in [9.17, 15) is 4.79 Å². The molecule has 0 bridgehead atoms. The number of carbonyl (C=O) groups excluding carboxylic acids is 1. The van der Waals surface area contributed by atoms with Crippen molar-refractivity contribution < 1.29 is 9.53 Å². The van der Waals surface area contributed by atoms with Crippen molar-refractivity contribution >= 4 is 11.8 Å². The van der Waals surface area contributed by atoms with Gasteiger partial charge >= 0.3 is 5.97 Å². The van der Waals surface area contributed by atoms with Gasteiger partial charge in [0.2, 0.25) is 0 Å². The Labute approximate surface area is 108 Å². The second-order valence-corrected chi connectivity index (χ2v) is 4.81. The first-order chi connectivity index (χ1) is 8.79. The summed E-state index contributed by atoms with van der Waals surface area (Å²) in [5, 5.41) is 3.34. The third kappa shape index (κ3) is 3.45. The summed E-state index contributed by atoms with van der Waals surface area (Å²) < 4.78 is 4.63. The molecule has 4 nitrogen and oxygen atoms in total. The van der Waals surface area contributed by atoms with Crippen molar-refractivity contribution in [2.45, 2.75) is 32.1 Å². The van der Waals surface area contributed by atoms with E-state index >= 15 is 0 Å². The number of methoxy groups -OCH3 is 1. The van der Waals surface area contributed by atoms with E-state index in [0.29, 0.717) is 5.56 Å². The van der Waals surface area contributed by atoms with Gasteiger partial charge in [0.25, 0.3) is 0 Å². The quantitative estimate of drug-likeness (QED) is 0.832. The molecule has 1 fully saturated rings. The van der Waals surface area contributed by atoms with Gasteiger partial charge in [0.05, 0.1) is 12.7 Å². The van der Waals surface area contributed by atoms with Gasteiger partial charge < -0.3 is 10.1 Å². The summed E-state index contributed by atoms with van der Waals surface area (Å²) in [4.78, 5) is 15.5. The summed E-state index contributed by atoms with van der Waals surface area (Å²) in [5.41, 5.74) is 0.487. The summed E-state index contributed by atoms with van der Waals surface area (Å²) in [7, 11) is 1.37. The number of carbonyl (C=O) groups is 1. The van der Waals surface area contributed by atoms with Crippen molar-refractivity contribution in [2.24, 2.45) is 5.92 Å². The average Bonchev–Trinajstić information content (AvgIpc) is 2.46. The molecule has 18 heavy (non-hydrogen) atoms. The molecule has 1 aromatic rings. The molecule has 1 heterocycles. The molecule has 1 aliphatic carbocycles. The minimum absolute atomic E-state index is 0.346. The number of pyridine rings is 1. The standard InChI is InChI=1S/C14H20N2O2/c1-18-14(17)12-7-8-13(16-10-12)15-9-11-5-3-2-4-6-11/h7-8,10-11H,2-6,9H2,1H3,(H,15,16). The molecular formula is C14H20N2O2. The molecule has 1 N–H and O–H groups in total. The fourth-order valence-electron chi connectivity index (χ4n) is 2.38. The van der Waals surface area contributed by atoms with Crippen molar-refractivity contribution in [3.05, 3.63) is 23.9 Å². The lowest BCUT2D eigenvalue weighted by Crippen LogP contribution is -2.17. The van der Waals surface area contributed by atoms with Crippen LogP contribution in [0.4, 0.5) is 5.82 Å². The molecule has 98 valence electrons. The molecule has 1 saturated carbocycles. The highest BCUT2D eigenvalue weighted by Crippen LogP contribution is 2.23. The molecule has 1 aliphatic rings. The van der Waals surface area contributed by atoms with E-state index in [0.717, 1.165) is 18.3 Å². The Morgan fingerprint density at radius 1 is 1.39 bits per heavy atom. The molecule has 2 rings (SSSR count). The molecule has 0 spiro atoms. The Hall–Kier alpha value is -1.58. The predicted octanol–water partition coefficient (Wildman–Crippen LogP) is 2.86. The van der Waals surface area contributed by atoms with E-state index < -0.39 is 0 Å². The van der Waals surface area contributed by atoms with Gasteiger partial charge in [0, 0.05) is 12.7 Å². The van der Waals surface area contributed by atoms with Crippen LogP contribution in [0.1, 0.15) is 42.5 Å². The first-order valence-corrected chi connectivity index (χ1v) is 6.58. The zero-order valence-corrected chi connectivity index (χ0v) is 10.8. The second-order valence-electron chi connectivity index (χ2n) is 4.81. The van der Waals surface area contributed by atoms with Gasteiger partial charge in [-0.1, -0.05) is 19.3 Å². The number of hydrogen-bond acceptors (Lipinski definition) is 4. The molecule has 0 amide bonds. The maximum Gasteiger partial charge on any atom is 0.339 e. The lowest BCUT2D eigenvalue weighted by molar-refractivity contribution is 0.0600. The molecule has 0 atom stereocenters. The van der Waals surface area contributed by atoms with Crippen LogP contribution < -0.4 is 5.32 Å². The number of esters is 1. The Bertz CT molecular complexity index is 383. The van der Waals surface area contributed by atoms with Crippen LogP contribution in [0.3, 0.4) is 0 Å². The van der Waals surface area contributed by atoms with Crippen molar-refractivity contribution in [3.63, 3.8) is 0 Å². The SMILES string of the molecule is COC(=O)c1ccc(NCC2CCCCC2)nc1. The van der Waals surface area contributed by atoms with E-state index in [-0.39, 0.29) is 5.97 Å². The van der Waals surface area contributed by atoms with Gasteiger partial charge in [-0.05, 0) is 30.9 Å². The third-order valence-corrected chi connectivity index (χ3v) is 3.48. The second kappa shape index (κ2) is 6.38. The normalized spacial score (nSPS) is 16.3. The summed E-state index contributed by atoms with van der Waals surface area (Å²) in [6, 6.07) is 3.57. The highest BCUT2D eigenvalue weighted by atomic mass is 16.5. The van der Waals surface area contributed by atoms with Gasteiger partial charge in [0.15, 0.2) is 0 Å².